The molecule has 4 N–H and O–H groups in total. The van der Waals surface area contributed by atoms with Crippen LogP contribution in [0.2, 0.25) is 0 Å². The van der Waals surface area contributed by atoms with E-state index in [0.29, 0.717) is 6.61 Å². The highest BCUT2D eigenvalue weighted by Gasteiger charge is 2.02. The lowest BCUT2D eigenvalue weighted by atomic mass is 10.2. The Kier molecular flexibility index (Phi) is 7.72. The van der Waals surface area contributed by atoms with E-state index in [4.69, 9.17) is 16.2 Å². The van der Waals surface area contributed by atoms with Gasteiger partial charge in [0, 0.05) is 10.0 Å². The zero-order chi connectivity index (χ0) is 14.8. The van der Waals surface area contributed by atoms with Gasteiger partial charge in [0.15, 0.2) is 0 Å². The van der Waals surface area contributed by atoms with Gasteiger partial charge < -0.3 is 16.2 Å². The molecule has 0 fully saturated rings. The largest absolute Gasteiger partial charge is 0.493 e. The summed E-state index contributed by atoms with van der Waals surface area (Å²) in [6.45, 7) is 2.89. The molecule has 0 bridgehead atoms. The number of nitrogens with two attached hydrogens (primary N) is 2. The molecule has 0 aliphatic heterocycles. The van der Waals surface area contributed by atoms with Crippen LogP contribution in [0.25, 0.3) is 0 Å². The molecule has 0 radical (unpaired) electrons. The first-order valence-electron chi connectivity index (χ1n) is 6.67. The highest BCUT2D eigenvalue weighted by atomic mass is 79.9. The van der Waals surface area contributed by atoms with Crippen molar-refractivity contribution in [3.63, 3.8) is 0 Å². The average molecular weight is 341 g/mol. The smallest absolute Gasteiger partial charge is 0.211 e. The molecule has 0 aliphatic carbocycles. The van der Waals surface area contributed by atoms with Crippen molar-refractivity contribution in [3.8, 4) is 5.75 Å². The third-order valence-electron chi connectivity index (χ3n) is 2.60. The summed E-state index contributed by atoms with van der Waals surface area (Å²) in [6.07, 6.45) is 6.27. The van der Waals surface area contributed by atoms with Gasteiger partial charge in [-0.3, -0.25) is 0 Å². The molecule has 1 aromatic carbocycles. The maximum Gasteiger partial charge on any atom is 0.211 e. The normalized spacial score (nSPS) is 10.7. The zero-order valence-corrected chi connectivity index (χ0v) is 13.3. The number of unbranched alkanes of at least 4 members (excludes halogenated alkanes) is 3. The Morgan fingerprint density at radius 2 is 2.10 bits per heavy atom. The summed E-state index contributed by atoms with van der Waals surface area (Å²) < 4.78 is 6.72. The summed E-state index contributed by atoms with van der Waals surface area (Å²) in [6, 6.07) is 5.74. The molecule has 0 unspecified atom stereocenters. The highest BCUT2D eigenvalue weighted by molar-refractivity contribution is 9.10. The van der Waals surface area contributed by atoms with Gasteiger partial charge in [0.2, 0.25) is 5.96 Å². The topological polar surface area (TPSA) is 86.0 Å². The maximum absolute atomic E-state index is 5.77. The second-order valence-corrected chi connectivity index (χ2v) is 5.28. The van der Waals surface area contributed by atoms with E-state index >= 15 is 0 Å². The predicted molar refractivity (Wildman–Crippen MR) is 87.2 cm³/mol. The molecule has 1 rings (SSSR count). The van der Waals surface area contributed by atoms with Crippen LogP contribution in [0.5, 0.6) is 5.75 Å². The summed E-state index contributed by atoms with van der Waals surface area (Å²) in [4.78, 5) is 0. The Labute approximate surface area is 128 Å². The van der Waals surface area contributed by atoms with Gasteiger partial charge in [-0.1, -0.05) is 42.1 Å². The number of nitrogens with zero attached hydrogens (tertiary/aromatic N) is 2. The van der Waals surface area contributed by atoms with Crippen molar-refractivity contribution in [1.29, 1.82) is 0 Å². The van der Waals surface area contributed by atoms with Gasteiger partial charge in [-0.2, -0.15) is 5.10 Å². The fraction of sp³-hybridized carbons (Fsp3) is 0.429. The zero-order valence-electron chi connectivity index (χ0n) is 11.7. The maximum atomic E-state index is 5.77. The van der Waals surface area contributed by atoms with Crippen LogP contribution in [-0.4, -0.2) is 18.8 Å². The molecule has 0 spiro atoms. The van der Waals surface area contributed by atoms with Crippen molar-refractivity contribution >= 4 is 28.1 Å². The number of benzene rings is 1. The Bertz CT molecular complexity index is 470. The van der Waals surface area contributed by atoms with Gasteiger partial charge in [0.05, 0.1) is 12.8 Å². The van der Waals surface area contributed by atoms with Crippen LogP contribution in [0, 0.1) is 0 Å². The summed E-state index contributed by atoms with van der Waals surface area (Å²) in [5.41, 5.74) is 11.3. The third kappa shape index (κ3) is 6.56. The standard InChI is InChI=1S/C14H21BrN4O/c1-2-3-4-5-8-20-13-7-6-12(15)9-11(13)10-18-19-14(16)17/h6-7,9-10H,2-5,8H2,1H3,(H4,16,17,19). The molecule has 0 saturated heterocycles. The number of guanidine groups is 1. The van der Waals surface area contributed by atoms with Crippen LogP contribution in [0.15, 0.2) is 32.9 Å². The van der Waals surface area contributed by atoms with Crippen LogP contribution in [0.3, 0.4) is 0 Å². The molecule has 0 heterocycles. The number of ether oxygens (including phenoxy) is 1. The molecule has 1 aromatic rings. The highest BCUT2D eigenvalue weighted by Crippen LogP contribution is 2.22. The van der Waals surface area contributed by atoms with Gasteiger partial charge in [-0.25, -0.2) is 0 Å². The van der Waals surface area contributed by atoms with E-state index in [0.717, 1.165) is 22.2 Å². The number of halogens is 1. The molecular weight excluding hydrogens is 320 g/mol. The van der Waals surface area contributed by atoms with Crippen LogP contribution >= 0.6 is 15.9 Å². The number of rotatable bonds is 8. The van der Waals surface area contributed by atoms with Gasteiger partial charge in [-0.15, -0.1) is 5.10 Å². The van der Waals surface area contributed by atoms with Gasteiger partial charge in [-0.05, 0) is 24.6 Å². The van der Waals surface area contributed by atoms with E-state index in [2.05, 4.69) is 33.1 Å². The van der Waals surface area contributed by atoms with Crippen molar-refractivity contribution in [3.05, 3.63) is 28.2 Å². The van der Waals surface area contributed by atoms with Crippen molar-refractivity contribution < 1.29 is 4.74 Å². The minimum Gasteiger partial charge on any atom is -0.493 e. The molecule has 5 nitrogen and oxygen atoms in total. The molecule has 0 amide bonds. The molecule has 0 atom stereocenters. The minimum absolute atomic E-state index is 0.0710. The average Bonchev–Trinajstić information content (AvgIpc) is 2.40. The fourth-order valence-electron chi connectivity index (χ4n) is 1.62. The predicted octanol–water partition coefficient (Wildman–Crippen LogP) is 3.02. The van der Waals surface area contributed by atoms with Crippen LogP contribution in [0.4, 0.5) is 0 Å². The first-order chi connectivity index (χ1) is 9.63. The Balaban J connectivity index is 2.65. The molecule has 0 aromatic heterocycles. The minimum atomic E-state index is -0.0710. The van der Waals surface area contributed by atoms with Gasteiger partial charge >= 0.3 is 0 Å². The van der Waals surface area contributed by atoms with Crippen LogP contribution < -0.4 is 16.2 Å². The first kappa shape index (κ1) is 16.5. The Morgan fingerprint density at radius 1 is 1.30 bits per heavy atom. The Morgan fingerprint density at radius 3 is 2.80 bits per heavy atom. The molecule has 20 heavy (non-hydrogen) atoms. The summed E-state index contributed by atoms with van der Waals surface area (Å²) in [5, 5.41) is 7.39. The number of hydrogen-bond donors (Lipinski definition) is 2. The molecule has 0 aliphatic rings. The van der Waals surface area contributed by atoms with Crippen molar-refractivity contribution in [2.75, 3.05) is 6.61 Å². The monoisotopic (exact) mass is 340 g/mol. The first-order valence-corrected chi connectivity index (χ1v) is 7.47. The van der Waals surface area contributed by atoms with E-state index in [1.807, 2.05) is 18.2 Å². The Hall–Kier alpha value is -1.56. The summed E-state index contributed by atoms with van der Waals surface area (Å²) in [7, 11) is 0. The van der Waals surface area contributed by atoms with Crippen molar-refractivity contribution in [2.24, 2.45) is 21.7 Å². The van der Waals surface area contributed by atoms with Gasteiger partial charge in [0.1, 0.15) is 5.75 Å². The van der Waals surface area contributed by atoms with Crippen molar-refractivity contribution in [1.82, 2.24) is 0 Å². The van der Waals surface area contributed by atoms with Gasteiger partial charge in [0.25, 0.3) is 0 Å². The molecule has 6 heteroatoms. The van der Waals surface area contributed by atoms with Crippen molar-refractivity contribution in [2.45, 2.75) is 32.6 Å². The molecule has 0 saturated carbocycles. The quantitative estimate of drug-likeness (QED) is 0.330. The summed E-state index contributed by atoms with van der Waals surface area (Å²) >= 11 is 3.42. The van der Waals surface area contributed by atoms with E-state index in [9.17, 15) is 0 Å². The second kappa shape index (κ2) is 9.36. The lowest BCUT2D eigenvalue weighted by Gasteiger charge is -2.09. The molecule has 110 valence electrons. The lowest BCUT2D eigenvalue weighted by molar-refractivity contribution is 0.304. The van der Waals surface area contributed by atoms with E-state index in [1.165, 1.54) is 19.3 Å². The second-order valence-electron chi connectivity index (χ2n) is 4.36. The lowest BCUT2D eigenvalue weighted by Crippen LogP contribution is -2.21. The van der Waals surface area contributed by atoms with Crippen LogP contribution in [0.1, 0.15) is 38.2 Å². The van der Waals surface area contributed by atoms with E-state index < -0.39 is 0 Å². The van der Waals surface area contributed by atoms with Crippen LogP contribution in [-0.2, 0) is 0 Å². The SMILES string of the molecule is CCCCCCOc1ccc(Br)cc1C=NN=C(N)N. The third-order valence-corrected chi connectivity index (χ3v) is 3.09. The number of hydrogen-bond acceptors (Lipinski definition) is 3. The van der Waals surface area contributed by atoms with E-state index in [1.54, 1.807) is 6.21 Å². The fourth-order valence-corrected chi connectivity index (χ4v) is 2.00. The van der Waals surface area contributed by atoms with E-state index in [-0.39, 0.29) is 5.96 Å². The molecular formula is C14H21BrN4O. The summed E-state index contributed by atoms with van der Waals surface area (Å²) in [5.74, 6) is 0.706.